The van der Waals surface area contributed by atoms with Gasteiger partial charge in [0.2, 0.25) is 11.8 Å². The molecule has 2 heterocycles. The molecule has 2 saturated heterocycles. The minimum atomic E-state index is -0.234. The topological polar surface area (TPSA) is 85.7 Å². The van der Waals surface area contributed by atoms with Crippen LogP contribution in [-0.4, -0.2) is 73.1 Å². The maximum atomic E-state index is 13.5. The molecule has 2 saturated carbocycles. The zero-order chi connectivity index (χ0) is 25.5. The third-order valence-corrected chi connectivity index (χ3v) is 9.48. The zero-order valence-corrected chi connectivity index (χ0v) is 22.6. The molecule has 0 aromatic rings. The molecule has 7 nitrogen and oxygen atoms in total. The van der Waals surface area contributed by atoms with Crippen molar-refractivity contribution >= 4 is 11.8 Å². The number of nitrogens with zero attached hydrogens (tertiary/aromatic N) is 3. The smallest absolute Gasteiger partial charge is 0.223 e. The molecule has 0 aromatic heterocycles. The van der Waals surface area contributed by atoms with Crippen LogP contribution in [0, 0.1) is 40.9 Å². The molecule has 2 aliphatic carbocycles. The summed E-state index contributed by atoms with van der Waals surface area (Å²) in [5, 5.41) is 13.1. The molecule has 0 aromatic carbocycles. The van der Waals surface area contributed by atoms with Crippen molar-refractivity contribution in [3.63, 3.8) is 0 Å². The standard InChI is InChI=1S/C29H48N4O3/c1-21(2)27-9-8-26(17-24(27)19-30)33-11-10-25(20-33)31-29(35)23(16-22-6-4-3-5-7-22)18-28(34)32-12-14-36-15-13-32/h21-27H,3-18,20H2,1-2H3,(H,31,35)/t23-,24+,25?,26?,27?/m1/s1. The molecule has 4 fully saturated rings. The Morgan fingerprint density at radius 3 is 2.47 bits per heavy atom. The van der Waals surface area contributed by atoms with Crippen molar-refractivity contribution in [2.45, 2.75) is 96.6 Å². The number of rotatable bonds is 8. The van der Waals surface area contributed by atoms with Crippen molar-refractivity contribution in [3.8, 4) is 6.07 Å². The van der Waals surface area contributed by atoms with E-state index < -0.39 is 0 Å². The van der Waals surface area contributed by atoms with Gasteiger partial charge in [-0.2, -0.15) is 5.26 Å². The number of carbonyl (C=O) groups is 2. The van der Waals surface area contributed by atoms with Crippen LogP contribution in [0.1, 0.15) is 84.5 Å². The molecular formula is C29H48N4O3. The molecule has 36 heavy (non-hydrogen) atoms. The van der Waals surface area contributed by atoms with Gasteiger partial charge in [-0.25, -0.2) is 0 Å². The first-order valence-electron chi connectivity index (χ1n) is 14.7. The van der Waals surface area contributed by atoms with Gasteiger partial charge >= 0.3 is 0 Å². The van der Waals surface area contributed by atoms with Gasteiger partial charge in [0.05, 0.1) is 25.2 Å². The van der Waals surface area contributed by atoms with Crippen LogP contribution in [0.25, 0.3) is 0 Å². The molecule has 2 aliphatic heterocycles. The normalized spacial score (nSPS) is 31.2. The second-order valence-corrected chi connectivity index (χ2v) is 12.2. The lowest BCUT2D eigenvalue weighted by atomic mass is 9.72. The highest BCUT2D eigenvalue weighted by Gasteiger charge is 2.38. The van der Waals surface area contributed by atoms with Gasteiger partial charge in [-0.1, -0.05) is 46.0 Å². The van der Waals surface area contributed by atoms with Crippen LogP contribution >= 0.6 is 0 Å². The minimum Gasteiger partial charge on any atom is -0.378 e. The number of hydrogen-bond acceptors (Lipinski definition) is 5. The third-order valence-electron chi connectivity index (χ3n) is 9.48. The van der Waals surface area contributed by atoms with E-state index in [2.05, 4.69) is 30.1 Å². The number of carbonyl (C=O) groups excluding carboxylic acids is 2. The molecule has 7 heteroatoms. The highest BCUT2D eigenvalue weighted by molar-refractivity contribution is 5.86. The van der Waals surface area contributed by atoms with Crippen LogP contribution in [0.3, 0.4) is 0 Å². The molecule has 5 atom stereocenters. The molecule has 4 aliphatic rings. The summed E-state index contributed by atoms with van der Waals surface area (Å²) in [5.41, 5.74) is 0. The van der Waals surface area contributed by atoms with Crippen LogP contribution in [0.2, 0.25) is 0 Å². The van der Waals surface area contributed by atoms with Crippen LogP contribution < -0.4 is 5.32 Å². The molecule has 0 bridgehead atoms. The highest BCUT2D eigenvalue weighted by Crippen LogP contribution is 2.38. The van der Waals surface area contributed by atoms with Crippen LogP contribution in [-0.2, 0) is 14.3 Å². The average Bonchev–Trinajstić information content (AvgIpc) is 3.37. The van der Waals surface area contributed by atoms with Crippen molar-refractivity contribution < 1.29 is 14.3 Å². The Balaban J connectivity index is 1.32. The van der Waals surface area contributed by atoms with Gasteiger partial charge in [0.15, 0.2) is 0 Å². The van der Waals surface area contributed by atoms with Gasteiger partial charge in [-0.15, -0.1) is 0 Å². The monoisotopic (exact) mass is 500 g/mol. The summed E-state index contributed by atoms with van der Waals surface area (Å²) < 4.78 is 5.41. The van der Waals surface area contributed by atoms with E-state index in [4.69, 9.17) is 4.74 Å². The maximum Gasteiger partial charge on any atom is 0.223 e. The van der Waals surface area contributed by atoms with Gasteiger partial charge in [0.25, 0.3) is 0 Å². The predicted octanol–water partition coefficient (Wildman–Crippen LogP) is 3.98. The Kier molecular flexibility index (Phi) is 10.1. The number of nitriles is 1. The lowest BCUT2D eigenvalue weighted by Crippen LogP contribution is -2.46. The van der Waals surface area contributed by atoms with E-state index in [1.54, 1.807) is 0 Å². The van der Waals surface area contributed by atoms with Crippen molar-refractivity contribution in [1.82, 2.24) is 15.1 Å². The van der Waals surface area contributed by atoms with Crippen molar-refractivity contribution in [3.05, 3.63) is 0 Å². The predicted molar refractivity (Wildman–Crippen MR) is 140 cm³/mol. The molecule has 3 unspecified atom stereocenters. The Hall–Kier alpha value is -1.65. The van der Waals surface area contributed by atoms with Gasteiger partial charge in [-0.05, 0) is 49.9 Å². The van der Waals surface area contributed by atoms with E-state index in [-0.39, 0.29) is 29.7 Å². The summed E-state index contributed by atoms with van der Waals surface area (Å²) in [5.74, 6) is 1.71. The Morgan fingerprint density at radius 2 is 1.78 bits per heavy atom. The first-order chi connectivity index (χ1) is 17.4. The molecule has 4 rings (SSSR count). The van der Waals surface area contributed by atoms with Gasteiger partial charge in [0, 0.05) is 50.6 Å². The quantitative estimate of drug-likeness (QED) is 0.545. The van der Waals surface area contributed by atoms with Crippen LogP contribution in [0.5, 0.6) is 0 Å². The first kappa shape index (κ1) is 27.4. The van der Waals surface area contributed by atoms with Crippen molar-refractivity contribution in [1.29, 1.82) is 5.26 Å². The molecule has 0 spiro atoms. The fourth-order valence-corrected chi connectivity index (χ4v) is 7.27. The van der Waals surface area contributed by atoms with Crippen molar-refractivity contribution in [2.75, 3.05) is 39.4 Å². The summed E-state index contributed by atoms with van der Waals surface area (Å²) in [7, 11) is 0. The Labute approximate surface area is 218 Å². The zero-order valence-electron chi connectivity index (χ0n) is 22.6. The summed E-state index contributed by atoms with van der Waals surface area (Å²) in [6.45, 7) is 8.79. The molecule has 0 radical (unpaired) electrons. The third kappa shape index (κ3) is 7.22. The number of morpholine rings is 1. The summed E-state index contributed by atoms with van der Waals surface area (Å²) in [4.78, 5) is 31.0. The minimum absolute atomic E-state index is 0.0763. The lowest BCUT2D eigenvalue weighted by molar-refractivity contribution is -0.140. The van der Waals surface area contributed by atoms with Gasteiger partial charge in [0.1, 0.15) is 0 Å². The number of ether oxygens (including phenoxy) is 1. The summed E-state index contributed by atoms with van der Waals surface area (Å²) in [6.07, 6.45) is 11.5. The lowest BCUT2D eigenvalue weighted by Gasteiger charge is -2.39. The van der Waals surface area contributed by atoms with Crippen LogP contribution in [0.4, 0.5) is 0 Å². The second kappa shape index (κ2) is 13.2. The largest absolute Gasteiger partial charge is 0.378 e. The summed E-state index contributed by atoms with van der Waals surface area (Å²) >= 11 is 0. The Bertz CT molecular complexity index is 769. The maximum absolute atomic E-state index is 13.5. The van der Waals surface area contributed by atoms with E-state index in [9.17, 15) is 14.9 Å². The van der Waals surface area contributed by atoms with E-state index in [0.29, 0.717) is 56.5 Å². The fraction of sp³-hybridized carbons (Fsp3) is 0.897. The number of amides is 2. The number of likely N-dealkylation sites (tertiary alicyclic amines) is 1. The Morgan fingerprint density at radius 1 is 1.03 bits per heavy atom. The van der Waals surface area contributed by atoms with Gasteiger partial charge in [-0.3, -0.25) is 14.5 Å². The average molecular weight is 501 g/mol. The SMILES string of the molecule is CC(C)C1CCC(N2CCC(NC(=O)[C@@H](CC(=O)N3CCOCC3)CC3CCCCC3)C2)C[C@H]1C#N. The number of nitrogens with one attached hydrogen (secondary N) is 1. The van der Waals surface area contributed by atoms with E-state index >= 15 is 0 Å². The molecule has 1 N–H and O–H groups in total. The van der Waals surface area contributed by atoms with Crippen molar-refractivity contribution in [2.24, 2.45) is 29.6 Å². The van der Waals surface area contributed by atoms with Crippen LogP contribution in [0.15, 0.2) is 0 Å². The first-order valence-corrected chi connectivity index (χ1v) is 14.7. The molecule has 202 valence electrons. The molecule has 2 amide bonds. The highest BCUT2D eigenvalue weighted by atomic mass is 16.5. The van der Waals surface area contributed by atoms with E-state index in [0.717, 1.165) is 45.2 Å². The van der Waals surface area contributed by atoms with E-state index in [1.165, 1.54) is 32.1 Å². The number of hydrogen-bond donors (Lipinski definition) is 1. The second-order valence-electron chi connectivity index (χ2n) is 12.2. The summed E-state index contributed by atoms with van der Waals surface area (Å²) in [6, 6.07) is 3.19. The fourth-order valence-electron chi connectivity index (χ4n) is 7.27. The molecular weight excluding hydrogens is 452 g/mol. The van der Waals surface area contributed by atoms with Gasteiger partial charge < -0.3 is 15.0 Å². The van der Waals surface area contributed by atoms with E-state index in [1.807, 2.05) is 4.90 Å².